The average molecular weight is 311 g/mol. The maximum atomic E-state index is 13.1. The van der Waals surface area contributed by atoms with Crippen molar-refractivity contribution in [1.82, 2.24) is 15.4 Å². The quantitative estimate of drug-likeness (QED) is 0.671. The summed E-state index contributed by atoms with van der Waals surface area (Å²) in [5.74, 6) is 5.12. The Hall–Kier alpha value is -1.37. The molecule has 94 valence electrons. The predicted octanol–water partition coefficient (Wildman–Crippen LogP) is 2.13. The molecule has 3 N–H and O–H groups in total. The van der Waals surface area contributed by atoms with Crippen LogP contribution in [0.5, 0.6) is 0 Å². The van der Waals surface area contributed by atoms with Crippen molar-refractivity contribution in [3.63, 3.8) is 0 Å². The number of hydrogen-bond donors (Lipinski definition) is 2. The van der Waals surface area contributed by atoms with Gasteiger partial charge in [0.25, 0.3) is 0 Å². The van der Waals surface area contributed by atoms with Gasteiger partial charge in [-0.3, -0.25) is 21.2 Å². The molecule has 18 heavy (non-hydrogen) atoms. The molecule has 2 rings (SSSR count). The van der Waals surface area contributed by atoms with Crippen molar-refractivity contribution in [3.05, 3.63) is 58.3 Å². The first-order valence-electron chi connectivity index (χ1n) is 5.36. The lowest BCUT2D eigenvalue weighted by Gasteiger charge is -2.15. The monoisotopic (exact) mass is 310 g/mol. The fourth-order valence-corrected chi connectivity index (χ4v) is 1.86. The number of halogens is 2. The molecule has 0 saturated carbocycles. The third-order valence-corrected chi connectivity index (χ3v) is 3.00. The van der Waals surface area contributed by atoms with Crippen molar-refractivity contribution in [2.75, 3.05) is 0 Å². The number of nitrogens with zero attached hydrogens (tertiary/aromatic N) is 2. The molecule has 6 heteroatoms. The van der Waals surface area contributed by atoms with Crippen molar-refractivity contribution in [2.45, 2.75) is 12.5 Å². The van der Waals surface area contributed by atoms with Gasteiger partial charge < -0.3 is 0 Å². The average Bonchev–Trinajstić information content (AvgIpc) is 2.38. The molecule has 0 saturated heterocycles. The number of pyridine rings is 2. The highest BCUT2D eigenvalue weighted by Crippen LogP contribution is 2.17. The Morgan fingerprint density at radius 1 is 1.33 bits per heavy atom. The van der Waals surface area contributed by atoms with Gasteiger partial charge in [-0.2, -0.15) is 0 Å². The zero-order chi connectivity index (χ0) is 13.0. The summed E-state index contributed by atoms with van der Waals surface area (Å²) < 4.78 is 14.0. The van der Waals surface area contributed by atoms with Crippen molar-refractivity contribution in [3.8, 4) is 0 Å². The summed E-state index contributed by atoms with van der Waals surface area (Å²) in [7, 11) is 0. The Kier molecular flexibility index (Phi) is 4.35. The fraction of sp³-hybridized carbons (Fsp3) is 0.167. The van der Waals surface area contributed by atoms with E-state index in [-0.39, 0.29) is 11.9 Å². The second-order valence-corrected chi connectivity index (χ2v) is 4.74. The number of nitrogens with one attached hydrogen (secondary N) is 1. The van der Waals surface area contributed by atoms with Gasteiger partial charge in [-0.15, -0.1) is 0 Å². The van der Waals surface area contributed by atoms with E-state index in [1.54, 1.807) is 12.4 Å². The molecule has 0 aliphatic rings. The van der Waals surface area contributed by atoms with Gasteiger partial charge >= 0.3 is 0 Å². The van der Waals surface area contributed by atoms with E-state index in [1.165, 1.54) is 6.07 Å². The maximum Gasteiger partial charge on any atom is 0.141 e. The summed E-state index contributed by atoms with van der Waals surface area (Å²) >= 11 is 3.32. The molecule has 2 aromatic rings. The van der Waals surface area contributed by atoms with E-state index in [4.69, 9.17) is 5.84 Å². The third kappa shape index (κ3) is 3.32. The summed E-state index contributed by atoms with van der Waals surface area (Å²) in [6.45, 7) is 0. The summed E-state index contributed by atoms with van der Waals surface area (Å²) in [6, 6.07) is 4.99. The van der Waals surface area contributed by atoms with Crippen LogP contribution in [0.25, 0.3) is 0 Å². The van der Waals surface area contributed by atoms with E-state index in [0.717, 1.165) is 16.4 Å². The first-order chi connectivity index (χ1) is 8.69. The zero-order valence-electron chi connectivity index (χ0n) is 9.48. The van der Waals surface area contributed by atoms with Gasteiger partial charge in [-0.05, 0) is 39.7 Å². The summed E-state index contributed by atoms with van der Waals surface area (Å²) in [5, 5.41) is 0. The molecule has 0 spiro atoms. The third-order valence-electron chi connectivity index (χ3n) is 2.53. The zero-order valence-corrected chi connectivity index (χ0v) is 11.1. The van der Waals surface area contributed by atoms with Crippen molar-refractivity contribution in [2.24, 2.45) is 5.84 Å². The Bertz CT molecular complexity index is 518. The Morgan fingerprint density at radius 2 is 2.17 bits per heavy atom. The number of hydrazine groups is 1. The van der Waals surface area contributed by atoms with Crippen LogP contribution in [0.2, 0.25) is 0 Å². The van der Waals surface area contributed by atoms with E-state index in [1.807, 2.05) is 12.1 Å². The fourth-order valence-electron chi connectivity index (χ4n) is 1.63. The van der Waals surface area contributed by atoms with E-state index in [0.29, 0.717) is 12.0 Å². The predicted molar refractivity (Wildman–Crippen MR) is 69.9 cm³/mol. The molecule has 1 unspecified atom stereocenters. The molecular formula is C12H12BrFN4. The molecule has 2 aromatic heterocycles. The van der Waals surface area contributed by atoms with Crippen LogP contribution in [0.3, 0.4) is 0 Å². The Labute approximate surface area is 113 Å². The summed E-state index contributed by atoms with van der Waals surface area (Å²) in [6.07, 6.45) is 5.03. The van der Waals surface area contributed by atoms with Crippen LogP contribution in [0.15, 0.2) is 41.3 Å². The number of nitrogens with two attached hydrogens (primary N) is 1. The second kappa shape index (κ2) is 5.99. The number of hydrogen-bond acceptors (Lipinski definition) is 4. The van der Waals surface area contributed by atoms with Crippen LogP contribution in [-0.4, -0.2) is 9.97 Å². The Morgan fingerprint density at radius 3 is 2.78 bits per heavy atom. The normalized spacial score (nSPS) is 12.4. The van der Waals surface area contributed by atoms with E-state index in [9.17, 15) is 4.39 Å². The highest BCUT2D eigenvalue weighted by atomic mass is 79.9. The largest absolute Gasteiger partial charge is 0.271 e. The Balaban J connectivity index is 2.17. The minimum Gasteiger partial charge on any atom is -0.271 e. The lowest BCUT2D eigenvalue weighted by atomic mass is 10.0. The van der Waals surface area contributed by atoms with Crippen LogP contribution in [0.4, 0.5) is 4.39 Å². The van der Waals surface area contributed by atoms with Crippen molar-refractivity contribution in [1.29, 1.82) is 0 Å². The smallest absolute Gasteiger partial charge is 0.141 e. The maximum absolute atomic E-state index is 13.1. The molecule has 0 aliphatic heterocycles. The lowest BCUT2D eigenvalue weighted by molar-refractivity contribution is 0.536. The number of rotatable bonds is 4. The molecule has 1 atom stereocenters. The van der Waals surface area contributed by atoms with Crippen LogP contribution in [0.1, 0.15) is 17.3 Å². The minimum atomic E-state index is -0.378. The minimum absolute atomic E-state index is 0.220. The highest BCUT2D eigenvalue weighted by Gasteiger charge is 2.12. The molecule has 4 nitrogen and oxygen atoms in total. The van der Waals surface area contributed by atoms with E-state index >= 15 is 0 Å². The standard InChI is InChI=1S/C12H12BrFN4/c13-9-1-2-11(17-6-9)4-12(18-15)8-3-10(14)7-16-5-8/h1-3,5-7,12,18H,4,15H2. The van der Waals surface area contributed by atoms with Gasteiger partial charge in [0.15, 0.2) is 0 Å². The van der Waals surface area contributed by atoms with Gasteiger partial charge in [0.1, 0.15) is 5.82 Å². The topological polar surface area (TPSA) is 63.8 Å². The second-order valence-electron chi connectivity index (χ2n) is 3.83. The van der Waals surface area contributed by atoms with E-state index in [2.05, 4.69) is 31.3 Å². The molecule has 0 aromatic carbocycles. The van der Waals surface area contributed by atoms with Gasteiger partial charge in [-0.1, -0.05) is 0 Å². The molecule has 2 heterocycles. The van der Waals surface area contributed by atoms with Crippen molar-refractivity contribution < 1.29 is 4.39 Å². The molecule has 0 radical (unpaired) electrons. The molecule has 0 fully saturated rings. The summed E-state index contributed by atoms with van der Waals surface area (Å²) in [4.78, 5) is 8.07. The highest BCUT2D eigenvalue weighted by molar-refractivity contribution is 9.10. The van der Waals surface area contributed by atoms with Crippen LogP contribution in [0, 0.1) is 5.82 Å². The van der Waals surface area contributed by atoms with Gasteiger partial charge in [0, 0.05) is 29.0 Å². The molecular weight excluding hydrogens is 299 g/mol. The number of aromatic nitrogens is 2. The first kappa shape index (κ1) is 13.1. The SMILES string of the molecule is NNC(Cc1ccc(Br)cn1)c1cncc(F)c1. The summed E-state index contributed by atoms with van der Waals surface area (Å²) in [5.41, 5.74) is 4.21. The molecule has 0 aliphatic carbocycles. The van der Waals surface area contributed by atoms with Crippen LogP contribution >= 0.6 is 15.9 Å². The van der Waals surface area contributed by atoms with Crippen LogP contribution in [-0.2, 0) is 6.42 Å². The molecule has 0 amide bonds. The lowest BCUT2D eigenvalue weighted by Crippen LogP contribution is -2.30. The van der Waals surface area contributed by atoms with Gasteiger partial charge in [-0.25, -0.2) is 4.39 Å². The van der Waals surface area contributed by atoms with Gasteiger partial charge in [0.05, 0.1) is 12.2 Å². The first-order valence-corrected chi connectivity index (χ1v) is 6.15. The van der Waals surface area contributed by atoms with Gasteiger partial charge in [0.2, 0.25) is 0 Å². The van der Waals surface area contributed by atoms with E-state index < -0.39 is 0 Å². The molecule has 0 bridgehead atoms. The van der Waals surface area contributed by atoms with Crippen LogP contribution < -0.4 is 11.3 Å². The van der Waals surface area contributed by atoms with Crippen molar-refractivity contribution >= 4 is 15.9 Å².